The molecule has 0 bridgehead atoms. The topological polar surface area (TPSA) is 76.8 Å². The van der Waals surface area contributed by atoms with Gasteiger partial charge >= 0.3 is 33.9 Å². The second-order valence-corrected chi connectivity index (χ2v) is 0. The largest absolute Gasteiger partial charge is 0.545 e. The maximum atomic E-state index is 7.75. The summed E-state index contributed by atoms with van der Waals surface area (Å²) < 4.78 is 22.5. The number of rotatable bonds is 0. The molecule has 1 radical (unpaired) electrons. The number of hydrogen-bond acceptors (Lipinski definition) is 1. The third-order valence-electron chi connectivity index (χ3n) is 0. The Kier molecular flexibility index (Phi) is 3680. The van der Waals surface area contributed by atoms with E-state index in [-0.39, 0.29) is 16.8 Å². The number of hydrogen-bond donors (Lipinski definition) is 0. The molecule has 4 nitrogen and oxygen atoms in total. The van der Waals surface area contributed by atoms with E-state index in [1.54, 1.807) is 0 Å². The van der Waals surface area contributed by atoms with Crippen molar-refractivity contribution >= 4 is 6.79 Å². The summed E-state index contributed by atoms with van der Waals surface area (Å²) in [5.41, 5.74) is 0. The van der Waals surface area contributed by atoms with Crippen LogP contribution in [0.5, 0.6) is 0 Å². The van der Waals surface area contributed by atoms with Crippen LogP contribution < -0.4 is 0 Å². The molecular weight excluding hydrogens is 171 g/mol. The van der Waals surface area contributed by atoms with Crippen LogP contribution in [0.1, 0.15) is 0 Å². The van der Waals surface area contributed by atoms with E-state index in [9.17, 15) is 0 Å². The molecule has 0 heterocycles. The van der Waals surface area contributed by atoms with Gasteiger partial charge in [0.15, 0.2) is 0 Å². The summed E-state index contributed by atoms with van der Waals surface area (Å²) >= 11 is 0. The fourth-order valence-electron chi connectivity index (χ4n) is 0. The second-order valence-electron chi connectivity index (χ2n) is 0. The fraction of sp³-hybridized carbons (Fsp3) is 0. The molecule has 9 heavy (non-hydrogen) atoms. The van der Waals surface area contributed by atoms with Crippen LogP contribution in [0.15, 0.2) is 0 Å². The molecule has 0 aliphatic heterocycles. The van der Waals surface area contributed by atoms with Crippen LogP contribution in [0.2, 0.25) is 0 Å². The summed E-state index contributed by atoms with van der Waals surface area (Å²) in [6.07, 6.45) is 0. The summed E-state index contributed by atoms with van der Waals surface area (Å²) in [4.78, 5) is 7.75. The van der Waals surface area contributed by atoms with Gasteiger partial charge in [-0.15, -0.1) is 0 Å². The summed E-state index contributed by atoms with van der Waals surface area (Å²) in [5, 5.41) is 0. The predicted molar refractivity (Wildman–Crippen MR) is 18.5 cm³/mol. The maximum absolute atomic E-state index is 7.75. The van der Waals surface area contributed by atoms with E-state index in [0.717, 1.165) is 0 Å². The monoisotopic (exact) mass is 172 g/mol. The fourth-order valence-corrected chi connectivity index (χ4v) is 0. The standard InChI is InChI=1S/CHO.3CO.Co/c4*1-2;/h1H;;;;/q-1;;;;. The molecule has 0 saturated heterocycles. The van der Waals surface area contributed by atoms with Crippen LogP contribution >= 0.6 is 0 Å². The minimum absolute atomic E-state index is 0. The zero-order chi connectivity index (χ0) is 8.00. The van der Waals surface area contributed by atoms with Gasteiger partial charge in [-0.25, -0.2) is 0 Å². The molecule has 0 aromatic rings. The van der Waals surface area contributed by atoms with Gasteiger partial charge in [0.25, 0.3) is 0 Å². The average Bonchev–Trinajstić information content (AvgIpc) is 2.03. The van der Waals surface area contributed by atoms with E-state index in [2.05, 4.69) is 26.7 Å². The van der Waals surface area contributed by atoms with Crippen molar-refractivity contribution in [1.29, 1.82) is 0 Å². The molecule has 0 saturated carbocycles. The van der Waals surface area contributed by atoms with E-state index in [4.69, 9.17) is 18.8 Å². The molecule has 5 heteroatoms. The van der Waals surface area contributed by atoms with Crippen LogP contribution in [0.4, 0.5) is 0 Å². The molecule has 0 aromatic heterocycles. The van der Waals surface area contributed by atoms with Crippen molar-refractivity contribution in [1.82, 2.24) is 0 Å². The summed E-state index contributed by atoms with van der Waals surface area (Å²) in [6.45, 7) is 16.8. The first-order valence-electron chi connectivity index (χ1n) is 0.848. The quantitative estimate of drug-likeness (QED) is 0.278. The summed E-state index contributed by atoms with van der Waals surface area (Å²) in [6, 6.07) is 0. The molecule has 0 rings (SSSR count). The van der Waals surface area contributed by atoms with Crippen LogP contribution in [0.25, 0.3) is 0 Å². The van der Waals surface area contributed by atoms with E-state index >= 15 is 0 Å². The van der Waals surface area contributed by atoms with E-state index < -0.39 is 0 Å². The first-order chi connectivity index (χ1) is 4.00. The molecular formula is C4HCoO4-. The van der Waals surface area contributed by atoms with Crippen molar-refractivity contribution in [3.63, 3.8) is 0 Å². The second kappa shape index (κ2) is 831. The minimum atomic E-state index is 0. The van der Waals surface area contributed by atoms with Crippen LogP contribution in [0, 0.1) is 20.0 Å². The van der Waals surface area contributed by atoms with Crippen molar-refractivity contribution in [2.24, 2.45) is 0 Å². The van der Waals surface area contributed by atoms with Gasteiger partial charge in [0.05, 0.1) is 0 Å². The van der Waals surface area contributed by atoms with Crippen LogP contribution in [-0.2, 0) is 35.5 Å². The Morgan fingerprint density at radius 1 is 0.778 bits per heavy atom. The Hall–Kier alpha value is -0.604. The molecule has 0 aliphatic rings. The van der Waals surface area contributed by atoms with Gasteiger partial charge in [0, 0.05) is 16.8 Å². The third kappa shape index (κ3) is 591. The Morgan fingerprint density at radius 3 is 0.778 bits per heavy atom. The van der Waals surface area contributed by atoms with Crippen molar-refractivity contribution in [3.05, 3.63) is 20.0 Å². The van der Waals surface area contributed by atoms with Gasteiger partial charge < -0.3 is 4.79 Å². The van der Waals surface area contributed by atoms with Crippen molar-refractivity contribution in [2.45, 2.75) is 0 Å². The minimum Gasteiger partial charge on any atom is -0.545 e. The summed E-state index contributed by atoms with van der Waals surface area (Å²) in [5.74, 6) is 0. The molecule has 0 amide bonds. The third-order valence-corrected chi connectivity index (χ3v) is 0. The van der Waals surface area contributed by atoms with Crippen LogP contribution in [0.3, 0.4) is 0 Å². The van der Waals surface area contributed by atoms with Gasteiger partial charge in [0.2, 0.25) is 0 Å². The van der Waals surface area contributed by atoms with Gasteiger partial charge in [-0.3, -0.25) is 6.79 Å². The molecule has 0 unspecified atom stereocenters. The summed E-state index contributed by atoms with van der Waals surface area (Å²) in [7, 11) is 0. The first-order valence-corrected chi connectivity index (χ1v) is 0.848. The SMILES string of the molecule is [C-]#[O+].[C-]#[O+].[C-]#[O+].[CH-]=O.[Co]. The average molecular weight is 172 g/mol. The molecule has 0 aliphatic carbocycles. The van der Waals surface area contributed by atoms with Gasteiger partial charge in [0.1, 0.15) is 0 Å². The van der Waals surface area contributed by atoms with E-state index in [1.807, 2.05) is 0 Å². The molecule has 0 spiro atoms. The van der Waals surface area contributed by atoms with Gasteiger partial charge in [-0.2, -0.15) is 0 Å². The Labute approximate surface area is 63.0 Å². The first kappa shape index (κ1) is 39.8. The smallest absolute Gasteiger partial charge is 0 e. The molecule has 0 N–H and O–H groups in total. The van der Waals surface area contributed by atoms with Crippen LogP contribution in [-0.4, -0.2) is 6.79 Å². The zero-order valence-corrected chi connectivity index (χ0v) is 5.08. The Balaban J connectivity index is -0.00000000762. The molecule has 0 aromatic carbocycles. The molecule has 51 valence electrons. The van der Waals surface area contributed by atoms with Crippen molar-refractivity contribution < 1.29 is 35.5 Å². The Morgan fingerprint density at radius 2 is 0.778 bits per heavy atom. The van der Waals surface area contributed by atoms with E-state index in [1.165, 1.54) is 0 Å². The number of carbonyl (C=O) groups excluding carboxylic acids is 1. The van der Waals surface area contributed by atoms with Crippen molar-refractivity contribution in [2.75, 3.05) is 0 Å². The predicted octanol–water partition coefficient (Wildman–Crippen LogP) is -0.389. The maximum Gasteiger partial charge on any atom is 0 e. The molecule has 0 atom stereocenters. The van der Waals surface area contributed by atoms with Gasteiger partial charge in [-0.1, -0.05) is 0 Å². The van der Waals surface area contributed by atoms with Gasteiger partial charge in [-0.05, 0) is 0 Å². The van der Waals surface area contributed by atoms with E-state index in [0.29, 0.717) is 0 Å². The normalized spacial score (nSPS) is 1.11. The van der Waals surface area contributed by atoms with Crippen molar-refractivity contribution in [3.8, 4) is 0 Å². The Bertz CT molecular complexity index is 50.4. The molecule has 0 fully saturated rings. The zero-order valence-electron chi connectivity index (χ0n) is 4.04.